The quantitative estimate of drug-likeness (QED) is 0.322. The number of hydrogen-bond acceptors (Lipinski definition) is 6. The number of amides is 1. The summed E-state index contributed by atoms with van der Waals surface area (Å²) in [7, 11) is 0. The van der Waals surface area contributed by atoms with Crippen molar-refractivity contribution in [3.63, 3.8) is 0 Å². The van der Waals surface area contributed by atoms with Gasteiger partial charge in [0.25, 0.3) is 5.69 Å². The predicted octanol–water partition coefficient (Wildman–Crippen LogP) is 6.08. The number of carbonyl (C=O) groups is 1. The molecule has 0 spiro atoms. The first kappa shape index (κ1) is 23.4. The number of nitro benzene ring substituents is 1. The molecule has 0 fully saturated rings. The Balaban J connectivity index is 1.76. The number of alkyl halides is 3. The van der Waals surface area contributed by atoms with Crippen molar-refractivity contribution in [2.24, 2.45) is 0 Å². The molecule has 0 saturated carbocycles. The van der Waals surface area contributed by atoms with Gasteiger partial charge in [-0.3, -0.25) is 14.9 Å². The Morgan fingerprint density at radius 3 is 1.82 bits per heavy atom. The van der Waals surface area contributed by atoms with Gasteiger partial charge in [0.05, 0.1) is 23.7 Å². The number of anilines is 1. The molecule has 0 saturated heterocycles. The van der Waals surface area contributed by atoms with Crippen LogP contribution in [0.3, 0.4) is 0 Å². The summed E-state index contributed by atoms with van der Waals surface area (Å²) in [5.41, 5.74) is -0.384. The molecule has 1 amide bonds. The molecule has 0 radical (unpaired) electrons. The van der Waals surface area contributed by atoms with Gasteiger partial charge in [-0.2, -0.15) is 13.2 Å². The van der Waals surface area contributed by atoms with Gasteiger partial charge in [-0.15, -0.1) is 0 Å². The first-order valence-corrected chi connectivity index (χ1v) is 9.50. The minimum absolute atomic E-state index is 0.0669. The molecule has 11 heteroatoms. The molecule has 0 aliphatic carbocycles. The van der Waals surface area contributed by atoms with Crippen molar-refractivity contribution in [1.82, 2.24) is 0 Å². The molecule has 1 N–H and O–H groups in total. The predicted molar refractivity (Wildman–Crippen MR) is 112 cm³/mol. The van der Waals surface area contributed by atoms with Crippen LogP contribution in [0.25, 0.3) is 0 Å². The monoisotopic (exact) mass is 462 g/mol. The number of non-ortho nitro benzene ring substituents is 1. The summed E-state index contributed by atoms with van der Waals surface area (Å²) in [6.45, 7) is 2.35. The summed E-state index contributed by atoms with van der Waals surface area (Å²) in [4.78, 5) is 21.7. The zero-order valence-electron chi connectivity index (χ0n) is 17.1. The fourth-order valence-electron chi connectivity index (χ4n) is 2.63. The van der Waals surface area contributed by atoms with Crippen LogP contribution >= 0.6 is 0 Å². The smallest absolute Gasteiger partial charge is 0.471 e. The molecule has 3 rings (SSSR count). The first-order valence-electron chi connectivity index (χ1n) is 9.50. The molecular formula is C22H17F3N2O6. The van der Waals surface area contributed by atoms with Crippen molar-refractivity contribution in [1.29, 1.82) is 0 Å². The number of benzene rings is 3. The molecule has 0 heterocycles. The van der Waals surface area contributed by atoms with Gasteiger partial charge in [0.15, 0.2) is 0 Å². The highest BCUT2D eigenvalue weighted by molar-refractivity contribution is 5.94. The van der Waals surface area contributed by atoms with E-state index in [0.717, 1.165) is 0 Å². The number of rotatable bonds is 8. The number of nitrogens with zero attached hydrogens (tertiary/aromatic N) is 1. The van der Waals surface area contributed by atoms with Crippen molar-refractivity contribution in [2.75, 3.05) is 11.9 Å². The fraction of sp³-hybridized carbons (Fsp3) is 0.136. The fourth-order valence-corrected chi connectivity index (χ4v) is 2.63. The van der Waals surface area contributed by atoms with Crippen LogP contribution in [-0.4, -0.2) is 23.6 Å². The lowest BCUT2D eigenvalue weighted by molar-refractivity contribution is -0.385. The van der Waals surface area contributed by atoms with Gasteiger partial charge in [-0.05, 0) is 55.5 Å². The maximum Gasteiger partial charge on any atom is 0.471 e. The number of ether oxygens (including phenoxy) is 3. The van der Waals surface area contributed by atoms with E-state index < -0.39 is 17.0 Å². The standard InChI is InChI=1S/C22H17F3N2O6/c1-2-31-16-7-9-18(10-8-16)33-20-12-15(27(29)30)11-19(13-20)32-17-5-3-14(4-6-17)26-21(28)22(23,24)25/h3-13H,2H2,1H3,(H,26,28). The molecule has 172 valence electrons. The van der Waals surface area contributed by atoms with Crippen LogP contribution in [0.2, 0.25) is 0 Å². The molecule has 33 heavy (non-hydrogen) atoms. The van der Waals surface area contributed by atoms with E-state index in [4.69, 9.17) is 14.2 Å². The summed E-state index contributed by atoms with van der Waals surface area (Å²) in [5.74, 6) is -0.675. The summed E-state index contributed by atoms with van der Waals surface area (Å²) >= 11 is 0. The van der Waals surface area contributed by atoms with Crippen molar-refractivity contribution >= 4 is 17.3 Å². The van der Waals surface area contributed by atoms with Gasteiger partial charge >= 0.3 is 12.1 Å². The Morgan fingerprint density at radius 2 is 1.36 bits per heavy atom. The van der Waals surface area contributed by atoms with E-state index in [1.807, 2.05) is 6.92 Å². The highest BCUT2D eigenvalue weighted by Crippen LogP contribution is 2.34. The van der Waals surface area contributed by atoms with E-state index in [1.165, 1.54) is 42.5 Å². The first-order chi connectivity index (χ1) is 15.6. The molecule has 0 aliphatic heterocycles. The van der Waals surface area contributed by atoms with Gasteiger partial charge in [0.1, 0.15) is 28.7 Å². The second kappa shape index (κ2) is 9.90. The van der Waals surface area contributed by atoms with Crippen LogP contribution in [0.5, 0.6) is 28.7 Å². The number of hydrogen-bond donors (Lipinski definition) is 1. The molecule has 3 aromatic rings. The van der Waals surface area contributed by atoms with E-state index in [2.05, 4.69) is 0 Å². The normalized spacial score (nSPS) is 10.9. The van der Waals surface area contributed by atoms with Crippen molar-refractivity contribution in [3.8, 4) is 28.7 Å². The Kier molecular flexibility index (Phi) is 7.01. The van der Waals surface area contributed by atoms with Crippen molar-refractivity contribution < 1.29 is 37.1 Å². The summed E-state index contributed by atoms with van der Waals surface area (Å²) in [5, 5.41) is 13.0. The van der Waals surface area contributed by atoms with Gasteiger partial charge in [-0.25, -0.2) is 0 Å². The lowest BCUT2D eigenvalue weighted by Gasteiger charge is -2.11. The largest absolute Gasteiger partial charge is 0.494 e. The zero-order valence-corrected chi connectivity index (χ0v) is 17.1. The zero-order chi connectivity index (χ0) is 24.0. The van der Waals surface area contributed by atoms with Crippen molar-refractivity contribution in [3.05, 3.63) is 76.8 Å². The van der Waals surface area contributed by atoms with E-state index in [-0.39, 0.29) is 28.6 Å². The second-order valence-corrected chi connectivity index (χ2v) is 6.50. The van der Waals surface area contributed by atoms with Crippen LogP contribution < -0.4 is 19.5 Å². The van der Waals surface area contributed by atoms with Crippen molar-refractivity contribution in [2.45, 2.75) is 13.1 Å². The van der Waals surface area contributed by atoms with Crippen LogP contribution in [0.4, 0.5) is 24.5 Å². The lowest BCUT2D eigenvalue weighted by Crippen LogP contribution is -2.29. The molecule has 0 aliphatic rings. The molecule has 3 aromatic carbocycles. The Morgan fingerprint density at radius 1 is 0.879 bits per heavy atom. The SMILES string of the molecule is CCOc1ccc(Oc2cc(Oc3ccc(NC(=O)C(F)(F)F)cc3)cc([N+](=O)[O-])c2)cc1. The van der Waals surface area contributed by atoms with Crippen LogP contribution in [0.1, 0.15) is 6.92 Å². The highest BCUT2D eigenvalue weighted by Gasteiger charge is 2.38. The molecule has 0 bridgehead atoms. The summed E-state index contributed by atoms with van der Waals surface area (Å²) < 4.78 is 53.6. The third-order valence-electron chi connectivity index (χ3n) is 4.05. The lowest BCUT2D eigenvalue weighted by atomic mass is 10.2. The van der Waals surface area contributed by atoms with Gasteiger partial charge in [0, 0.05) is 11.8 Å². The van der Waals surface area contributed by atoms with Gasteiger partial charge in [-0.1, -0.05) is 0 Å². The third kappa shape index (κ3) is 6.60. The van der Waals surface area contributed by atoms with Crippen LogP contribution in [0.15, 0.2) is 66.7 Å². The van der Waals surface area contributed by atoms with Gasteiger partial charge < -0.3 is 19.5 Å². The summed E-state index contributed by atoms with van der Waals surface area (Å²) in [6.07, 6.45) is -5.02. The molecule has 0 aromatic heterocycles. The van der Waals surface area contributed by atoms with Gasteiger partial charge in [0.2, 0.25) is 0 Å². The molecule has 0 atom stereocenters. The number of halogens is 3. The van der Waals surface area contributed by atoms with Crippen LogP contribution in [-0.2, 0) is 4.79 Å². The maximum atomic E-state index is 12.3. The number of carbonyl (C=O) groups excluding carboxylic acids is 1. The highest BCUT2D eigenvalue weighted by atomic mass is 19.4. The number of nitrogens with one attached hydrogen (secondary N) is 1. The molecule has 8 nitrogen and oxygen atoms in total. The summed E-state index contributed by atoms with van der Waals surface area (Å²) in [6, 6.07) is 15.5. The molecular weight excluding hydrogens is 445 g/mol. The van der Waals surface area contributed by atoms with E-state index in [9.17, 15) is 28.1 Å². The van der Waals surface area contributed by atoms with E-state index in [0.29, 0.717) is 18.1 Å². The Bertz CT molecular complexity index is 1130. The minimum atomic E-state index is -5.02. The maximum absolute atomic E-state index is 12.3. The number of nitro groups is 1. The Hall–Kier alpha value is -4.28. The third-order valence-corrected chi connectivity index (χ3v) is 4.05. The van der Waals surface area contributed by atoms with E-state index >= 15 is 0 Å². The second-order valence-electron chi connectivity index (χ2n) is 6.50. The average molecular weight is 462 g/mol. The van der Waals surface area contributed by atoms with E-state index in [1.54, 1.807) is 29.6 Å². The van der Waals surface area contributed by atoms with Crippen LogP contribution in [0, 0.1) is 10.1 Å². The molecule has 0 unspecified atom stereocenters. The average Bonchev–Trinajstić information content (AvgIpc) is 2.76. The topological polar surface area (TPSA) is 99.9 Å². The minimum Gasteiger partial charge on any atom is -0.494 e. The Labute approximate surface area is 185 Å².